The van der Waals surface area contributed by atoms with Crippen molar-refractivity contribution < 1.29 is 9.59 Å². The Hall–Kier alpha value is -3.30. The first-order valence-electron chi connectivity index (χ1n) is 10.3. The number of hydrogen-bond acceptors (Lipinski definition) is 6. The van der Waals surface area contributed by atoms with Crippen LogP contribution in [0.5, 0.6) is 0 Å². The van der Waals surface area contributed by atoms with Crippen LogP contribution in [0.15, 0.2) is 47.5 Å². The first-order valence-corrected chi connectivity index (χ1v) is 11.9. The van der Waals surface area contributed by atoms with Gasteiger partial charge in [0.05, 0.1) is 17.4 Å². The van der Waals surface area contributed by atoms with Gasteiger partial charge in [0, 0.05) is 9.75 Å². The zero-order valence-electron chi connectivity index (χ0n) is 17.1. The third-order valence-corrected chi connectivity index (χ3v) is 7.92. The fourth-order valence-corrected chi connectivity index (χ4v) is 6.41. The first-order chi connectivity index (χ1) is 15.5. The van der Waals surface area contributed by atoms with Gasteiger partial charge >= 0.3 is 0 Å². The molecule has 7 nitrogen and oxygen atoms in total. The molecule has 0 aliphatic heterocycles. The van der Waals surface area contributed by atoms with E-state index in [1.807, 2.05) is 36.4 Å². The van der Waals surface area contributed by atoms with E-state index < -0.39 is 11.8 Å². The van der Waals surface area contributed by atoms with Gasteiger partial charge in [-0.05, 0) is 42.9 Å². The average Bonchev–Trinajstić information content (AvgIpc) is 3.38. The Labute approximate surface area is 191 Å². The predicted molar refractivity (Wildman–Crippen MR) is 127 cm³/mol. The molecule has 4 aromatic rings. The van der Waals surface area contributed by atoms with E-state index in [0.29, 0.717) is 20.8 Å². The molecule has 0 radical (unpaired) electrons. The van der Waals surface area contributed by atoms with E-state index in [1.165, 1.54) is 33.6 Å². The second-order valence-corrected chi connectivity index (χ2v) is 9.85. The number of carbonyl (C=O) groups is 2. The van der Waals surface area contributed by atoms with E-state index in [4.69, 9.17) is 5.73 Å². The number of aromatic nitrogens is 2. The fourth-order valence-electron chi connectivity index (χ4n) is 4.04. The number of nitrogens with one attached hydrogen (secondary N) is 1. The van der Waals surface area contributed by atoms with Gasteiger partial charge in [-0.15, -0.1) is 22.7 Å². The van der Waals surface area contributed by atoms with Crippen LogP contribution in [-0.4, -0.2) is 21.4 Å². The van der Waals surface area contributed by atoms with Crippen LogP contribution in [0, 0.1) is 0 Å². The smallest absolute Gasteiger partial charge is 0.271 e. The normalized spacial score (nSPS) is 13.1. The van der Waals surface area contributed by atoms with Gasteiger partial charge < -0.3 is 11.1 Å². The number of benzene rings is 1. The molecule has 3 N–H and O–H groups in total. The van der Waals surface area contributed by atoms with Crippen molar-refractivity contribution in [2.75, 3.05) is 5.32 Å². The summed E-state index contributed by atoms with van der Waals surface area (Å²) in [5.74, 6) is -0.929. The molecule has 3 heterocycles. The number of hydrogen-bond donors (Lipinski definition) is 2. The van der Waals surface area contributed by atoms with E-state index in [0.717, 1.165) is 46.6 Å². The summed E-state index contributed by atoms with van der Waals surface area (Å²) in [6, 6.07) is 11.7. The highest BCUT2D eigenvalue weighted by Crippen LogP contribution is 2.38. The monoisotopic (exact) mass is 464 g/mol. The number of primary amides is 1. The molecule has 0 unspecified atom stereocenters. The fraction of sp³-hybridized carbons (Fsp3) is 0.217. The van der Waals surface area contributed by atoms with Gasteiger partial charge in [-0.2, -0.15) is 0 Å². The summed E-state index contributed by atoms with van der Waals surface area (Å²) < 4.78 is 1.80. The maximum absolute atomic E-state index is 13.0. The van der Waals surface area contributed by atoms with Crippen LogP contribution < -0.4 is 16.6 Å². The molecule has 1 aliphatic rings. The molecule has 5 rings (SSSR count). The SMILES string of the molecule is NC(=O)c1c(NC(=O)Cn2cnc3cc(-c4ccccc4)sc3c2=O)sc2c1CCCC2. The van der Waals surface area contributed by atoms with Crippen molar-refractivity contribution in [2.45, 2.75) is 32.2 Å². The van der Waals surface area contributed by atoms with Crippen LogP contribution in [0.25, 0.3) is 20.7 Å². The zero-order chi connectivity index (χ0) is 22.2. The highest BCUT2D eigenvalue weighted by molar-refractivity contribution is 7.22. The molecule has 0 fully saturated rings. The number of aryl methyl sites for hydroxylation is 1. The number of anilines is 1. The predicted octanol–water partition coefficient (Wildman–Crippen LogP) is 3.80. The standard InChI is InChI=1S/C23H20N4O3S2/c24-21(29)19-14-8-4-5-9-16(14)32-22(19)26-18(28)11-27-12-25-15-10-17(31-20(15)23(27)30)13-6-2-1-3-7-13/h1-3,6-7,10,12H,4-5,8-9,11H2,(H2,24,29)(H,26,28). The number of amides is 2. The quantitative estimate of drug-likeness (QED) is 0.468. The van der Waals surface area contributed by atoms with Crippen LogP contribution in [-0.2, 0) is 24.2 Å². The largest absolute Gasteiger partial charge is 0.365 e. The third-order valence-electron chi connectivity index (χ3n) is 5.55. The molecule has 2 amide bonds. The second kappa shape index (κ2) is 8.33. The molecule has 162 valence electrons. The van der Waals surface area contributed by atoms with Crippen LogP contribution in [0.4, 0.5) is 5.00 Å². The molecule has 32 heavy (non-hydrogen) atoms. The molecule has 1 aliphatic carbocycles. The van der Waals surface area contributed by atoms with Crippen molar-refractivity contribution in [1.82, 2.24) is 9.55 Å². The lowest BCUT2D eigenvalue weighted by Crippen LogP contribution is -2.28. The molecule has 3 aromatic heterocycles. The van der Waals surface area contributed by atoms with Crippen molar-refractivity contribution in [3.05, 3.63) is 69.1 Å². The van der Waals surface area contributed by atoms with E-state index >= 15 is 0 Å². The zero-order valence-corrected chi connectivity index (χ0v) is 18.7. The first kappa shape index (κ1) is 20.6. The molecule has 0 bridgehead atoms. The topological polar surface area (TPSA) is 107 Å². The van der Waals surface area contributed by atoms with Gasteiger partial charge in [-0.3, -0.25) is 19.0 Å². The summed E-state index contributed by atoms with van der Waals surface area (Å²) in [7, 11) is 0. The number of carbonyl (C=O) groups excluding carboxylic acids is 2. The number of thiophene rings is 2. The van der Waals surface area contributed by atoms with Gasteiger partial charge in [0.25, 0.3) is 11.5 Å². The van der Waals surface area contributed by atoms with Gasteiger partial charge in [-0.1, -0.05) is 30.3 Å². The van der Waals surface area contributed by atoms with Crippen molar-refractivity contribution in [3.63, 3.8) is 0 Å². The number of fused-ring (bicyclic) bond motifs is 2. The summed E-state index contributed by atoms with van der Waals surface area (Å²) in [4.78, 5) is 44.2. The Kier molecular flexibility index (Phi) is 5.36. The Morgan fingerprint density at radius 3 is 2.69 bits per heavy atom. The van der Waals surface area contributed by atoms with Crippen molar-refractivity contribution in [3.8, 4) is 10.4 Å². The van der Waals surface area contributed by atoms with Gasteiger partial charge in [0.2, 0.25) is 5.91 Å². The average molecular weight is 465 g/mol. The summed E-state index contributed by atoms with van der Waals surface area (Å²) in [6.45, 7) is -0.193. The summed E-state index contributed by atoms with van der Waals surface area (Å²) >= 11 is 2.76. The van der Waals surface area contributed by atoms with Crippen LogP contribution in [0.3, 0.4) is 0 Å². The van der Waals surface area contributed by atoms with Crippen LogP contribution >= 0.6 is 22.7 Å². The van der Waals surface area contributed by atoms with Crippen molar-refractivity contribution in [2.24, 2.45) is 5.73 Å². The lowest BCUT2D eigenvalue weighted by Gasteiger charge is -2.11. The number of nitrogens with zero attached hydrogens (tertiary/aromatic N) is 2. The summed E-state index contributed by atoms with van der Waals surface area (Å²) in [5.41, 5.74) is 8.32. The minimum atomic E-state index is -0.535. The van der Waals surface area contributed by atoms with Crippen LogP contribution in [0.1, 0.15) is 33.6 Å². The van der Waals surface area contributed by atoms with Gasteiger partial charge in [-0.25, -0.2) is 4.98 Å². The maximum atomic E-state index is 13.0. The number of nitrogens with two attached hydrogens (primary N) is 1. The van der Waals surface area contributed by atoms with Crippen LogP contribution in [0.2, 0.25) is 0 Å². The lowest BCUT2D eigenvalue weighted by atomic mass is 9.95. The summed E-state index contributed by atoms with van der Waals surface area (Å²) in [6.07, 6.45) is 5.14. The van der Waals surface area contributed by atoms with Gasteiger partial charge in [0.15, 0.2) is 0 Å². The molecule has 0 spiro atoms. The van der Waals surface area contributed by atoms with Crippen molar-refractivity contribution >= 4 is 49.7 Å². The van der Waals surface area contributed by atoms with Crippen molar-refractivity contribution in [1.29, 1.82) is 0 Å². The minimum absolute atomic E-state index is 0.193. The molecule has 9 heteroatoms. The summed E-state index contributed by atoms with van der Waals surface area (Å²) in [5, 5.41) is 3.27. The Bertz CT molecular complexity index is 1400. The Morgan fingerprint density at radius 1 is 1.12 bits per heavy atom. The third kappa shape index (κ3) is 3.74. The lowest BCUT2D eigenvalue weighted by molar-refractivity contribution is -0.116. The molecule has 0 saturated carbocycles. The molecular formula is C23H20N4O3S2. The highest BCUT2D eigenvalue weighted by Gasteiger charge is 2.25. The molecular weight excluding hydrogens is 444 g/mol. The molecule has 1 aromatic carbocycles. The Morgan fingerprint density at radius 2 is 1.91 bits per heavy atom. The second-order valence-electron chi connectivity index (χ2n) is 7.70. The maximum Gasteiger partial charge on any atom is 0.271 e. The Balaban J connectivity index is 1.41. The number of rotatable bonds is 5. The van der Waals surface area contributed by atoms with E-state index in [-0.39, 0.29) is 12.1 Å². The van der Waals surface area contributed by atoms with Gasteiger partial charge in [0.1, 0.15) is 16.2 Å². The minimum Gasteiger partial charge on any atom is -0.365 e. The molecule has 0 atom stereocenters. The van der Waals surface area contributed by atoms with E-state index in [2.05, 4.69) is 10.3 Å². The van der Waals surface area contributed by atoms with E-state index in [9.17, 15) is 14.4 Å². The highest BCUT2D eigenvalue weighted by atomic mass is 32.1. The molecule has 0 saturated heterocycles. The van der Waals surface area contributed by atoms with E-state index in [1.54, 1.807) is 0 Å².